The van der Waals surface area contributed by atoms with Crippen LogP contribution in [0.1, 0.15) is 34.0 Å². The molecule has 1 aromatic rings. The predicted molar refractivity (Wildman–Crippen MR) is 64.7 cm³/mol. The number of alkyl halides is 4. The lowest BCUT2D eigenvalue weighted by molar-refractivity contribution is -0.138. The zero-order chi connectivity index (χ0) is 14.6. The van der Waals surface area contributed by atoms with Gasteiger partial charge in [-0.05, 0) is 24.6 Å². The van der Waals surface area contributed by atoms with Crippen molar-refractivity contribution < 1.29 is 22.7 Å². The van der Waals surface area contributed by atoms with E-state index >= 15 is 0 Å². The van der Waals surface area contributed by atoms with Crippen molar-refractivity contribution in [1.29, 1.82) is 5.26 Å². The summed E-state index contributed by atoms with van der Waals surface area (Å²) in [6.45, 7) is 1.45. The van der Waals surface area contributed by atoms with Crippen LogP contribution in [-0.4, -0.2) is 12.6 Å². The zero-order valence-corrected chi connectivity index (χ0v) is 11.4. The van der Waals surface area contributed by atoms with Crippen LogP contribution >= 0.6 is 15.9 Å². The van der Waals surface area contributed by atoms with Crippen LogP contribution in [0, 0.1) is 11.3 Å². The molecule has 19 heavy (non-hydrogen) atoms. The molecule has 0 saturated heterocycles. The smallest absolute Gasteiger partial charge is 0.417 e. The number of hydrogen-bond donors (Lipinski definition) is 0. The number of esters is 1. The Bertz CT molecular complexity index is 535. The number of halogens is 4. The van der Waals surface area contributed by atoms with Gasteiger partial charge >= 0.3 is 12.1 Å². The third-order valence-electron chi connectivity index (χ3n) is 2.31. The van der Waals surface area contributed by atoms with Gasteiger partial charge < -0.3 is 4.74 Å². The van der Waals surface area contributed by atoms with E-state index in [9.17, 15) is 18.0 Å². The summed E-state index contributed by atoms with van der Waals surface area (Å²) in [5.41, 5.74) is -1.56. The Labute approximate surface area is 116 Å². The van der Waals surface area contributed by atoms with E-state index in [4.69, 9.17) is 5.26 Å². The molecule has 7 heteroatoms. The number of carbonyl (C=O) groups excluding carboxylic acids is 1. The SMILES string of the molecule is CCOC(=O)c1cc(C#N)c(CBr)cc1C(F)(F)F. The van der Waals surface area contributed by atoms with Gasteiger partial charge in [-0.3, -0.25) is 0 Å². The number of hydrogen-bond acceptors (Lipinski definition) is 3. The average molecular weight is 336 g/mol. The molecule has 0 fully saturated rings. The highest BCUT2D eigenvalue weighted by molar-refractivity contribution is 9.08. The van der Waals surface area contributed by atoms with Crippen molar-refractivity contribution in [2.45, 2.75) is 18.4 Å². The predicted octanol–water partition coefficient (Wildman–Crippen LogP) is 3.65. The maximum Gasteiger partial charge on any atom is 0.417 e. The normalized spacial score (nSPS) is 10.9. The lowest BCUT2D eigenvalue weighted by atomic mass is 9.99. The molecular weight excluding hydrogens is 327 g/mol. The number of benzene rings is 1. The standard InChI is InChI=1S/C12H9BrF3NO2/c1-2-19-11(18)9-3-8(6-17)7(5-13)4-10(9)12(14,15)16/h3-4H,2,5H2,1H3. The molecule has 0 atom stereocenters. The Balaban J connectivity index is 3.50. The second-order valence-electron chi connectivity index (χ2n) is 3.52. The highest BCUT2D eigenvalue weighted by atomic mass is 79.9. The van der Waals surface area contributed by atoms with Crippen LogP contribution in [0.25, 0.3) is 0 Å². The molecule has 0 bridgehead atoms. The molecule has 102 valence electrons. The van der Waals surface area contributed by atoms with Crippen molar-refractivity contribution in [2.75, 3.05) is 6.61 Å². The van der Waals surface area contributed by atoms with Gasteiger partial charge in [0, 0.05) is 5.33 Å². The monoisotopic (exact) mass is 335 g/mol. The Hall–Kier alpha value is -1.55. The summed E-state index contributed by atoms with van der Waals surface area (Å²) >= 11 is 3.01. The minimum atomic E-state index is -4.69. The fourth-order valence-corrected chi connectivity index (χ4v) is 1.94. The van der Waals surface area contributed by atoms with Gasteiger partial charge in [-0.1, -0.05) is 15.9 Å². The van der Waals surface area contributed by atoms with E-state index in [2.05, 4.69) is 20.7 Å². The van der Waals surface area contributed by atoms with Crippen LogP contribution in [0.4, 0.5) is 13.2 Å². The first-order valence-corrected chi connectivity index (χ1v) is 6.34. The van der Waals surface area contributed by atoms with Gasteiger partial charge in [-0.25, -0.2) is 4.79 Å². The van der Waals surface area contributed by atoms with E-state index in [-0.39, 0.29) is 23.1 Å². The molecule has 0 aliphatic carbocycles. The highest BCUT2D eigenvalue weighted by Gasteiger charge is 2.36. The van der Waals surface area contributed by atoms with E-state index in [0.717, 1.165) is 12.1 Å². The third-order valence-corrected chi connectivity index (χ3v) is 2.91. The van der Waals surface area contributed by atoms with Crippen molar-refractivity contribution in [3.63, 3.8) is 0 Å². The van der Waals surface area contributed by atoms with E-state index < -0.39 is 23.3 Å². The first-order chi connectivity index (χ1) is 8.85. The lowest BCUT2D eigenvalue weighted by Crippen LogP contribution is -2.16. The molecule has 0 saturated carbocycles. The molecule has 1 aromatic carbocycles. The fraction of sp³-hybridized carbons (Fsp3) is 0.333. The summed E-state index contributed by atoms with van der Waals surface area (Å²) in [7, 11) is 0. The number of nitrogens with zero attached hydrogens (tertiary/aromatic N) is 1. The largest absolute Gasteiger partial charge is 0.462 e. The molecule has 0 radical (unpaired) electrons. The summed E-state index contributed by atoms with van der Waals surface area (Å²) in [6, 6.07) is 3.46. The van der Waals surface area contributed by atoms with Crippen LogP contribution < -0.4 is 0 Å². The van der Waals surface area contributed by atoms with Crippen LogP contribution in [0.2, 0.25) is 0 Å². The van der Waals surface area contributed by atoms with Gasteiger partial charge in [0.2, 0.25) is 0 Å². The van der Waals surface area contributed by atoms with Gasteiger partial charge in [0.1, 0.15) is 0 Å². The third kappa shape index (κ3) is 3.47. The topological polar surface area (TPSA) is 50.1 Å². The maximum absolute atomic E-state index is 12.9. The molecular formula is C12H9BrF3NO2. The van der Waals surface area contributed by atoms with E-state index in [1.165, 1.54) is 6.92 Å². The van der Waals surface area contributed by atoms with Crippen molar-refractivity contribution in [3.05, 3.63) is 34.4 Å². The first-order valence-electron chi connectivity index (χ1n) is 5.22. The van der Waals surface area contributed by atoms with E-state index in [1.54, 1.807) is 6.07 Å². The number of nitriles is 1. The van der Waals surface area contributed by atoms with Crippen molar-refractivity contribution in [3.8, 4) is 6.07 Å². The fourth-order valence-electron chi connectivity index (χ4n) is 1.47. The molecule has 0 unspecified atom stereocenters. The van der Waals surface area contributed by atoms with E-state index in [1.807, 2.05) is 0 Å². The molecule has 0 aliphatic rings. The van der Waals surface area contributed by atoms with Gasteiger partial charge in [0.25, 0.3) is 0 Å². The second-order valence-corrected chi connectivity index (χ2v) is 4.08. The van der Waals surface area contributed by atoms with Gasteiger partial charge in [0.05, 0.1) is 29.4 Å². The van der Waals surface area contributed by atoms with Crippen LogP contribution in [0.5, 0.6) is 0 Å². The minimum absolute atomic E-state index is 0.00734. The highest BCUT2D eigenvalue weighted by Crippen LogP contribution is 2.34. The maximum atomic E-state index is 12.9. The Morgan fingerprint density at radius 1 is 1.47 bits per heavy atom. The molecule has 0 aliphatic heterocycles. The van der Waals surface area contributed by atoms with Gasteiger partial charge in [0.15, 0.2) is 0 Å². The summed E-state index contributed by atoms with van der Waals surface area (Å²) in [6.07, 6.45) is -4.69. The summed E-state index contributed by atoms with van der Waals surface area (Å²) in [5, 5.41) is 8.96. The van der Waals surface area contributed by atoms with Crippen LogP contribution in [0.15, 0.2) is 12.1 Å². The molecule has 0 N–H and O–H groups in total. The molecule has 0 heterocycles. The summed E-state index contributed by atoms with van der Waals surface area (Å²) < 4.78 is 43.3. The molecule has 0 spiro atoms. The first kappa shape index (κ1) is 15.5. The second kappa shape index (κ2) is 6.06. The summed E-state index contributed by atoms with van der Waals surface area (Å²) in [5.74, 6) is -1.09. The Kier molecular flexibility index (Phi) is 4.95. The van der Waals surface area contributed by atoms with Crippen molar-refractivity contribution in [1.82, 2.24) is 0 Å². The van der Waals surface area contributed by atoms with Gasteiger partial charge in [-0.15, -0.1) is 0 Å². The van der Waals surface area contributed by atoms with Crippen molar-refractivity contribution in [2.24, 2.45) is 0 Å². The Morgan fingerprint density at radius 2 is 2.11 bits per heavy atom. The number of ether oxygens (including phenoxy) is 1. The quantitative estimate of drug-likeness (QED) is 0.625. The van der Waals surface area contributed by atoms with Gasteiger partial charge in [-0.2, -0.15) is 18.4 Å². The Morgan fingerprint density at radius 3 is 2.53 bits per heavy atom. The van der Waals surface area contributed by atoms with Crippen LogP contribution in [0.3, 0.4) is 0 Å². The van der Waals surface area contributed by atoms with Crippen molar-refractivity contribution >= 4 is 21.9 Å². The molecule has 1 rings (SSSR count). The minimum Gasteiger partial charge on any atom is -0.462 e. The van der Waals surface area contributed by atoms with Crippen LogP contribution in [-0.2, 0) is 16.2 Å². The molecule has 3 nitrogen and oxygen atoms in total. The number of carbonyl (C=O) groups is 1. The number of rotatable bonds is 3. The molecule has 0 amide bonds. The summed E-state index contributed by atoms with van der Waals surface area (Å²) in [4.78, 5) is 11.5. The van der Waals surface area contributed by atoms with E-state index in [0.29, 0.717) is 0 Å². The lowest BCUT2D eigenvalue weighted by Gasteiger charge is -2.14. The zero-order valence-electron chi connectivity index (χ0n) is 9.84. The molecule has 0 aromatic heterocycles. The average Bonchev–Trinajstić information content (AvgIpc) is 2.36.